The number of ether oxygens (including phenoxy) is 2. The number of fused-ring (bicyclic) bond motifs is 1. The van der Waals surface area contributed by atoms with E-state index in [1.807, 2.05) is 5.32 Å². The molecule has 0 atom stereocenters. The van der Waals surface area contributed by atoms with Crippen LogP contribution in [0.5, 0.6) is 11.5 Å². The largest absolute Gasteiger partial charge is 0.454 e. The van der Waals surface area contributed by atoms with Gasteiger partial charge in [-0.3, -0.25) is 0 Å². The Bertz CT molecular complexity index is 520. The lowest BCUT2D eigenvalue weighted by Gasteiger charge is -2.22. The van der Waals surface area contributed by atoms with Gasteiger partial charge in [0.15, 0.2) is 11.5 Å². The standard InChI is InChI=1S/C13H15F3N2O3/c1-2-18(12(19)17-7-13(14,15)16)6-9-3-4-10-11(5-9)21-8-20-10/h3-5H,2,6-8H2,1H3,(H,17,19). The molecule has 2 rings (SSSR count). The maximum Gasteiger partial charge on any atom is 0.405 e. The number of rotatable bonds is 4. The minimum absolute atomic E-state index is 0.141. The predicted octanol–water partition coefficient (Wildman–Crippen LogP) is 2.51. The zero-order valence-electron chi connectivity index (χ0n) is 11.4. The zero-order valence-corrected chi connectivity index (χ0v) is 11.4. The first-order valence-electron chi connectivity index (χ1n) is 6.37. The van der Waals surface area contributed by atoms with Crippen molar-refractivity contribution in [2.75, 3.05) is 19.9 Å². The van der Waals surface area contributed by atoms with Crippen LogP contribution in [0.2, 0.25) is 0 Å². The molecule has 0 unspecified atom stereocenters. The van der Waals surface area contributed by atoms with Crippen molar-refractivity contribution < 1.29 is 27.4 Å². The van der Waals surface area contributed by atoms with Crippen molar-refractivity contribution in [2.24, 2.45) is 0 Å². The van der Waals surface area contributed by atoms with E-state index < -0.39 is 18.8 Å². The van der Waals surface area contributed by atoms with E-state index in [2.05, 4.69) is 0 Å². The Morgan fingerprint density at radius 3 is 2.71 bits per heavy atom. The smallest absolute Gasteiger partial charge is 0.405 e. The molecule has 1 aliphatic heterocycles. The minimum Gasteiger partial charge on any atom is -0.454 e. The van der Waals surface area contributed by atoms with E-state index in [4.69, 9.17) is 9.47 Å². The Morgan fingerprint density at radius 1 is 1.33 bits per heavy atom. The monoisotopic (exact) mass is 304 g/mol. The number of hydrogen-bond acceptors (Lipinski definition) is 3. The highest BCUT2D eigenvalue weighted by atomic mass is 19.4. The van der Waals surface area contributed by atoms with Crippen LogP contribution >= 0.6 is 0 Å². The maximum absolute atomic E-state index is 12.1. The van der Waals surface area contributed by atoms with Crippen LogP contribution in [0.15, 0.2) is 18.2 Å². The lowest BCUT2D eigenvalue weighted by atomic mass is 10.2. The van der Waals surface area contributed by atoms with Crippen LogP contribution in [0.25, 0.3) is 0 Å². The van der Waals surface area contributed by atoms with Crippen molar-refractivity contribution in [2.45, 2.75) is 19.6 Å². The number of halogens is 3. The molecule has 0 spiro atoms. The first kappa shape index (κ1) is 15.3. The number of urea groups is 1. The molecule has 2 amide bonds. The SMILES string of the molecule is CCN(Cc1ccc2c(c1)OCO2)C(=O)NCC(F)(F)F. The van der Waals surface area contributed by atoms with Crippen LogP contribution in [0, 0.1) is 0 Å². The number of carbonyl (C=O) groups excluding carboxylic acids is 1. The van der Waals surface area contributed by atoms with Crippen molar-refractivity contribution in [1.82, 2.24) is 10.2 Å². The van der Waals surface area contributed by atoms with Crippen LogP contribution in [-0.2, 0) is 6.54 Å². The first-order valence-corrected chi connectivity index (χ1v) is 6.37. The molecule has 0 saturated carbocycles. The fourth-order valence-electron chi connectivity index (χ4n) is 1.87. The maximum atomic E-state index is 12.1. The second-order valence-corrected chi connectivity index (χ2v) is 4.48. The highest BCUT2D eigenvalue weighted by Gasteiger charge is 2.28. The fourth-order valence-corrected chi connectivity index (χ4v) is 1.87. The highest BCUT2D eigenvalue weighted by Crippen LogP contribution is 2.32. The van der Waals surface area contributed by atoms with Crippen LogP contribution in [0.4, 0.5) is 18.0 Å². The predicted molar refractivity (Wildman–Crippen MR) is 68.1 cm³/mol. The molecule has 0 fully saturated rings. The van der Waals surface area contributed by atoms with Crippen molar-refractivity contribution in [3.8, 4) is 11.5 Å². The van der Waals surface area contributed by atoms with Gasteiger partial charge < -0.3 is 19.7 Å². The highest BCUT2D eigenvalue weighted by molar-refractivity contribution is 5.74. The topological polar surface area (TPSA) is 50.8 Å². The van der Waals surface area contributed by atoms with Gasteiger partial charge in [0, 0.05) is 13.1 Å². The van der Waals surface area contributed by atoms with Crippen molar-refractivity contribution >= 4 is 6.03 Å². The molecule has 1 aromatic carbocycles. The lowest BCUT2D eigenvalue weighted by Crippen LogP contribution is -2.43. The van der Waals surface area contributed by atoms with Gasteiger partial charge in [0.2, 0.25) is 6.79 Å². The molecule has 116 valence electrons. The number of hydrogen-bond donors (Lipinski definition) is 1. The fraction of sp³-hybridized carbons (Fsp3) is 0.462. The summed E-state index contributed by atoms with van der Waals surface area (Å²) in [7, 11) is 0. The van der Waals surface area contributed by atoms with Crippen LogP contribution in [0.3, 0.4) is 0 Å². The number of amides is 2. The first-order chi connectivity index (χ1) is 9.89. The summed E-state index contributed by atoms with van der Waals surface area (Å²) in [6.45, 7) is 0.973. The van der Waals surface area contributed by atoms with Gasteiger partial charge in [-0.1, -0.05) is 6.07 Å². The van der Waals surface area contributed by atoms with Gasteiger partial charge in [-0.2, -0.15) is 13.2 Å². The number of nitrogens with one attached hydrogen (secondary N) is 1. The molecule has 5 nitrogen and oxygen atoms in total. The van der Waals surface area contributed by atoms with Crippen molar-refractivity contribution in [1.29, 1.82) is 0 Å². The molecule has 1 heterocycles. The van der Waals surface area contributed by atoms with Crippen LogP contribution < -0.4 is 14.8 Å². The summed E-state index contributed by atoms with van der Waals surface area (Å²) in [5.74, 6) is 1.18. The molecule has 0 saturated heterocycles. The van der Waals surface area contributed by atoms with Gasteiger partial charge in [-0.15, -0.1) is 0 Å². The molecule has 8 heteroatoms. The van der Waals surface area contributed by atoms with E-state index in [1.54, 1.807) is 25.1 Å². The van der Waals surface area contributed by atoms with Gasteiger partial charge >= 0.3 is 12.2 Å². The normalized spacial score (nSPS) is 13.1. The van der Waals surface area contributed by atoms with E-state index in [-0.39, 0.29) is 19.9 Å². The van der Waals surface area contributed by atoms with Gasteiger partial charge in [-0.25, -0.2) is 4.79 Å². The van der Waals surface area contributed by atoms with E-state index in [9.17, 15) is 18.0 Å². The van der Waals surface area contributed by atoms with Gasteiger partial charge in [0.1, 0.15) is 6.54 Å². The molecule has 0 radical (unpaired) electrons. The summed E-state index contributed by atoms with van der Waals surface area (Å²) in [4.78, 5) is 13.0. The molecule has 1 N–H and O–H groups in total. The average molecular weight is 304 g/mol. The van der Waals surface area contributed by atoms with E-state index in [1.165, 1.54) is 4.90 Å². The Hall–Kier alpha value is -2.12. The third-order valence-electron chi connectivity index (χ3n) is 2.92. The molecule has 21 heavy (non-hydrogen) atoms. The zero-order chi connectivity index (χ0) is 15.5. The summed E-state index contributed by atoms with van der Waals surface area (Å²) in [5.41, 5.74) is 0.753. The summed E-state index contributed by atoms with van der Waals surface area (Å²) in [5, 5.41) is 1.85. The number of carbonyl (C=O) groups is 1. The Kier molecular flexibility index (Phi) is 4.44. The van der Waals surface area contributed by atoms with Gasteiger partial charge in [0.25, 0.3) is 0 Å². The number of benzene rings is 1. The van der Waals surface area contributed by atoms with Crippen molar-refractivity contribution in [3.05, 3.63) is 23.8 Å². The van der Waals surface area contributed by atoms with E-state index >= 15 is 0 Å². The molecule has 0 aromatic heterocycles. The molecule has 1 aliphatic rings. The Balaban J connectivity index is 1.97. The molecule has 1 aromatic rings. The van der Waals surface area contributed by atoms with Gasteiger partial charge in [0.05, 0.1) is 0 Å². The van der Waals surface area contributed by atoms with E-state index in [0.29, 0.717) is 11.5 Å². The molecule has 0 aliphatic carbocycles. The summed E-state index contributed by atoms with van der Waals surface area (Å²) in [6, 6.07) is 4.40. The third-order valence-corrected chi connectivity index (χ3v) is 2.92. The quantitative estimate of drug-likeness (QED) is 0.930. The lowest BCUT2D eigenvalue weighted by molar-refractivity contribution is -0.123. The van der Waals surface area contributed by atoms with Crippen molar-refractivity contribution in [3.63, 3.8) is 0 Å². The molecular weight excluding hydrogens is 289 g/mol. The van der Waals surface area contributed by atoms with Crippen LogP contribution in [0.1, 0.15) is 12.5 Å². The Morgan fingerprint density at radius 2 is 2.05 bits per heavy atom. The van der Waals surface area contributed by atoms with Crippen LogP contribution in [-0.4, -0.2) is 37.0 Å². The van der Waals surface area contributed by atoms with Gasteiger partial charge in [-0.05, 0) is 24.6 Å². The summed E-state index contributed by atoms with van der Waals surface area (Å²) in [6.07, 6.45) is -4.42. The molecule has 0 bridgehead atoms. The minimum atomic E-state index is -4.42. The summed E-state index contributed by atoms with van der Waals surface area (Å²) >= 11 is 0. The molecular formula is C13H15F3N2O3. The average Bonchev–Trinajstić information content (AvgIpc) is 2.88. The second kappa shape index (κ2) is 6.11. The Labute approximate surface area is 119 Å². The van der Waals surface area contributed by atoms with E-state index in [0.717, 1.165) is 5.56 Å². The third kappa shape index (κ3) is 4.17. The number of alkyl halides is 3. The number of nitrogens with zero attached hydrogens (tertiary/aromatic N) is 1. The summed E-state index contributed by atoms with van der Waals surface area (Å²) < 4.78 is 46.7. The second-order valence-electron chi connectivity index (χ2n) is 4.48.